The summed E-state index contributed by atoms with van der Waals surface area (Å²) in [6, 6.07) is 14.1. The monoisotopic (exact) mass is 379 g/mol. The van der Waals surface area contributed by atoms with Crippen molar-refractivity contribution in [3.05, 3.63) is 54.1 Å². The minimum atomic E-state index is -0.361. The molecule has 0 fully saturated rings. The molecule has 0 atom stereocenters. The summed E-state index contributed by atoms with van der Waals surface area (Å²) < 4.78 is 10.4. The lowest BCUT2D eigenvalue weighted by atomic mass is 10.2. The van der Waals surface area contributed by atoms with Gasteiger partial charge in [0, 0.05) is 12.8 Å². The van der Waals surface area contributed by atoms with Gasteiger partial charge in [0.1, 0.15) is 18.1 Å². The SMILES string of the molecule is C#CCOc1ccc(C=NNC(=O)CCC(=O)Nc2ccccc2OC)cc1. The Morgan fingerprint density at radius 1 is 1.11 bits per heavy atom. The molecule has 2 aromatic rings. The second-order valence-electron chi connectivity index (χ2n) is 5.60. The van der Waals surface area contributed by atoms with Crippen LogP contribution in [0.15, 0.2) is 53.6 Å². The van der Waals surface area contributed by atoms with Crippen molar-refractivity contribution in [3.8, 4) is 23.8 Å². The topological polar surface area (TPSA) is 89.0 Å². The van der Waals surface area contributed by atoms with Gasteiger partial charge in [0.25, 0.3) is 0 Å². The Hall–Kier alpha value is -3.79. The molecule has 2 rings (SSSR count). The maximum absolute atomic E-state index is 12.0. The summed E-state index contributed by atoms with van der Waals surface area (Å²) in [5.74, 6) is 2.95. The summed E-state index contributed by atoms with van der Waals surface area (Å²) in [5.41, 5.74) is 3.73. The molecule has 0 radical (unpaired) electrons. The zero-order chi connectivity index (χ0) is 20.2. The lowest BCUT2D eigenvalue weighted by Gasteiger charge is -2.09. The molecule has 28 heavy (non-hydrogen) atoms. The van der Waals surface area contributed by atoms with E-state index >= 15 is 0 Å². The van der Waals surface area contributed by atoms with Gasteiger partial charge in [-0.05, 0) is 42.0 Å². The zero-order valence-corrected chi connectivity index (χ0v) is 15.5. The summed E-state index contributed by atoms with van der Waals surface area (Å²) in [4.78, 5) is 23.8. The van der Waals surface area contributed by atoms with E-state index in [0.29, 0.717) is 17.2 Å². The number of amides is 2. The number of carbonyl (C=O) groups excluding carboxylic acids is 2. The third kappa shape index (κ3) is 6.84. The summed E-state index contributed by atoms with van der Waals surface area (Å²) in [6.45, 7) is 0.203. The van der Waals surface area contributed by atoms with E-state index in [1.807, 2.05) is 0 Å². The molecule has 0 saturated carbocycles. The molecule has 2 N–H and O–H groups in total. The molecule has 0 spiro atoms. The molecular weight excluding hydrogens is 358 g/mol. The van der Waals surface area contributed by atoms with E-state index < -0.39 is 0 Å². The van der Waals surface area contributed by atoms with E-state index in [1.165, 1.54) is 13.3 Å². The van der Waals surface area contributed by atoms with E-state index in [2.05, 4.69) is 21.8 Å². The van der Waals surface area contributed by atoms with Crippen LogP contribution in [-0.4, -0.2) is 31.7 Å². The molecule has 7 heteroatoms. The second kappa shape index (κ2) is 11.0. The molecule has 0 aliphatic heterocycles. The lowest BCUT2D eigenvalue weighted by molar-refractivity contribution is -0.124. The van der Waals surface area contributed by atoms with Crippen LogP contribution in [0.1, 0.15) is 18.4 Å². The predicted octanol–water partition coefficient (Wildman–Crippen LogP) is 2.58. The Bertz CT molecular complexity index is 870. The summed E-state index contributed by atoms with van der Waals surface area (Å²) in [7, 11) is 1.52. The molecule has 2 amide bonds. The number of anilines is 1. The largest absolute Gasteiger partial charge is 0.495 e. The molecule has 144 valence electrons. The highest BCUT2D eigenvalue weighted by molar-refractivity contribution is 5.94. The number of ether oxygens (including phenoxy) is 2. The average molecular weight is 379 g/mol. The van der Waals surface area contributed by atoms with Gasteiger partial charge >= 0.3 is 0 Å². The predicted molar refractivity (Wildman–Crippen MR) is 107 cm³/mol. The van der Waals surface area contributed by atoms with Gasteiger partial charge in [-0.3, -0.25) is 9.59 Å². The van der Waals surface area contributed by atoms with Crippen molar-refractivity contribution in [2.75, 3.05) is 19.0 Å². The van der Waals surface area contributed by atoms with Crippen LogP contribution in [0.2, 0.25) is 0 Å². The van der Waals surface area contributed by atoms with E-state index in [9.17, 15) is 9.59 Å². The Labute approximate surface area is 163 Å². The van der Waals surface area contributed by atoms with Crippen LogP contribution in [0.5, 0.6) is 11.5 Å². The van der Waals surface area contributed by atoms with Crippen molar-refractivity contribution < 1.29 is 19.1 Å². The van der Waals surface area contributed by atoms with Gasteiger partial charge in [0.2, 0.25) is 11.8 Å². The standard InChI is InChI=1S/C21H21N3O4/c1-3-14-28-17-10-8-16(9-11-17)15-22-24-21(26)13-12-20(25)23-18-6-4-5-7-19(18)27-2/h1,4-11,15H,12-14H2,2H3,(H,23,25)(H,24,26). The summed E-state index contributed by atoms with van der Waals surface area (Å²) >= 11 is 0. The first kappa shape index (κ1) is 20.5. The van der Waals surface area contributed by atoms with Crippen molar-refractivity contribution >= 4 is 23.7 Å². The van der Waals surface area contributed by atoms with Crippen LogP contribution >= 0.6 is 0 Å². The minimum absolute atomic E-state index is 0.0111. The van der Waals surface area contributed by atoms with Gasteiger partial charge in [-0.1, -0.05) is 18.1 Å². The Morgan fingerprint density at radius 3 is 2.54 bits per heavy atom. The quantitative estimate of drug-likeness (QED) is 0.398. The van der Waals surface area contributed by atoms with Crippen LogP contribution in [-0.2, 0) is 9.59 Å². The van der Waals surface area contributed by atoms with Gasteiger partial charge in [0.05, 0.1) is 19.0 Å². The molecule has 0 saturated heterocycles. The molecular formula is C21H21N3O4. The van der Waals surface area contributed by atoms with Crippen molar-refractivity contribution in [3.63, 3.8) is 0 Å². The third-order valence-electron chi connectivity index (χ3n) is 3.57. The van der Waals surface area contributed by atoms with Crippen molar-refractivity contribution in [2.45, 2.75) is 12.8 Å². The molecule has 0 aromatic heterocycles. The molecule has 0 unspecified atom stereocenters. The molecule has 0 aliphatic rings. The fourth-order valence-electron chi connectivity index (χ4n) is 2.20. The number of nitrogens with zero attached hydrogens (tertiary/aromatic N) is 1. The zero-order valence-electron chi connectivity index (χ0n) is 15.5. The molecule has 2 aromatic carbocycles. The smallest absolute Gasteiger partial charge is 0.240 e. The van der Waals surface area contributed by atoms with Crippen LogP contribution in [0, 0.1) is 12.3 Å². The molecule has 0 heterocycles. The Kier molecular flexibility index (Phi) is 8.09. The number of carbonyl (C=O) groups is 2. The molecule has 0 aliphatic carbocycles. The second-order valence-corrected chi connectivity index (χ2v) is 5.60. The first-order valence-electron chi connectivity index (χ1n) is 8.53. The number of benzene rings is 2. The molecule has 0 bridgehead atoms. The van der Waals surface area contributed by atoms with Gasteiger partial charge in [-0.25, -0.2) is 5.43 Å². The number of hydrogen-bond donors (Lipinski definition) is 2. The van der Waals surface area contributed by atoms with Crippen molar-refractivity contribution in [1.29, 1.82) is 0 Å². The molecule has 7 nitrogen and oxygen atoms in total. The first-order valence-corrected chi connectivity index (χ1v) is 8.53. The highest BCUT2D eigenvalue weighted by atomic mass is 16.5. The van der Waals surface area contributed by atoms with E-state index in [-0.39, 0.29) is 31.3 Å². The average Bonchev–Trinajstić information content (AvgIpc) is 2.72. The van der Waals surface area contributed by atoms with E-state index in [0.717, 1.165) is 5.56 Å². The number of hydrogen-bond acceptors (Lipinski definition) is 5. The van der Waals surface area contributed by atoms with Crippen LogP contribution in [0.4, 0.5) is 5.69 Å². The fourth-order valence-corrected chi connectivity index (χ4v) is 2.20. The van der Waals surface area contributed by atoms with Gasteiger partial charge in [-0.15, -0.1) is 6.42 Å². The summed E-state index contributed by atoms with van der Waals surface area (Å²) in [6.07, 6.45) is 6.67. The fraction of sp³-hybridized carbons (Fsp3) is 0.190. The normalized spacial score (nSPS) is 10.1. The first-order chi connectivity index (χ1) is 13.6. The number of para-hydroxylation sites is 2. The van der Waals surface area contributed by atoms with Gasteiger partial charge in [-0.2, -0.15) is 5.10 Å². The number of terminal acetylenes is 1. The van der Waals surface area contributed by atoms with Crippen LogP contribution in [0.3, 0.4) is 0 Å². The number of rotatable bonds is 9. The van der Waals surface area contributed by atoms with Crippen LogP contribution in [0.25, 0.3) is 0 Å². The van der Waals surface area contributed by atoms with E-state index in [1.54, 1.807) is 48.5 Å². The van der Waals surface area contributed by atoms with E-state index in [4.69, 9.17) is 15.9 Å². The number of methoxy groups -OCH3 is 1. The van der Waals surface area contributed by atoms with Crippen molar-refractivity contribution in [1.82, 2.24) is 5.43 Å². The Balaban J connectivity index is 1.74. The summed E-state index contributed by atoms with van der Waals surface area (Å²) in [5, 5.41) is 6.59. The highest BCUT2D eigenvalue weighted by Crippen LogP contribution is 2.23. The maximum Gasteiger partial charge on any atom is 0.240 e. The number of nitrogens with one attached hydrogen (secondary N) is 2. The lowest BCUT2D eigenvalue weighted by Crippen LogP contribution is -2.20. The third-order valence-corrected chi connectivity index (χ3v) is 3.57. The maximum atomic E-state index is 12.0. The van der Waals surface area contributed by atoms with Crippen LogP contribution < -0.4 is 20.2 Å². The van der Waals surface area contributed by atoms with Gasteiger partial charge < -0.3 is 14.8 Å². The highest BCUT2D eigenvalue weighted by Gasteiger charge is 2.09. The number of hydrazone groups is 1. The minimum Gasteiger partial charge on any atom is -0.495 e. The van der Waals surface area contributed by atoms with Crippen molar-refractivity contribution in [2.24, 2.45) is 5.10 Å². The Morgan fingerprint density at radius 2 is 1.82 bits per heavy atom. The van der Waals surface area contributed by atoms with Gasteiger partial charge in [0.15, 0.2) is 0 Å².